The maximum absolute atomic E-state index is 12.8. The standard InChI is InChI=1S/C20H33F2N3O3.HI/c1-6-26-16(14(3)4)11-12-24-20(23-5)25-13-15-9-8-10-17(27-7-2)18(15)28-19(21)22;/h8-10,14,16,19H,6-7,11-13H2,1-5H3,(H2,23,24,25);1H. The number of alkyl halides is 2. The molecule has 1 aromatic carbocycles. The molecule has 0 aliphatic rings. The SMILES string of the molecule is CCOc1cccc(CNC(=NC)NCCC(OCC)C(C)C)c1OC(F)F.I. The Bertz CT molecular complexity index is 604. The molecule has 0 aromatic heterocycles. The summed E-state index contributed by atoms with van der Waals surface area (Å²) in [5.41, 5.74) is 0.559. The van der Waals surface area contributed by atoms with Gasteiger partial charge in [0.1, 0.15) is 0 Å². The molecule has 0 saturated heterocycles. The number of para-hydroxylation sites is 1. The van der Waals surface area contributed by atoms with Crippen LogP contribution in [0.4, 0.5) is 8.78 Å². The Balaban J connectivity index is 0.00000784. The third-order valence-electron chi connectivity index (χ3n) is 4.08. The van der Waals surface area contributed by atoms with Gasteiger partial charge in [0.2, 0.25) is 0 Å². The summed E-state index contributed by atoms with van der Waals surface area (Å²) >= 11 is 0. The predicted octanol–water partition coefficient (Wildman–Crippen LogP) is 4.42. The second-order valence-electron chi connectivity index (χ2n) is 6.43. The summed E-state index contributed by atoms with van der Waals surface area (Å²) in [6.07, 6.45) is 1.01. The van der Waals surface area contributed by atoms with Crippen LogP contribution in [0.15, 0.2) is 23.2 Å². The van der Waals surface area contributed by atoms with Gasteiger partial charge in [-0.1, -0.05) is 26.0 Å². The van der Waals surface area contributed by atoms with Gasteiger partial charge in [0.15, 0.2) is 17.5 Å². The highest BCUT2D eigenvalue weighted by Crippen LogP contribution is 2.32. The van der Waals surface area contributed by atoms with Gasteiger partial charge in [0, 0.05) is 32.3 Å². The van der Waals surface area contributed by atoms with Crippen LogP contribution in [0.3, 0.4) is 0 Å². The summed E-state index contributed by atoms with van der Waals surface area (Å²) < 4.78 is 41.4. The zero-order valence-electron chi connectivity index (χ0n) is 17.8. The molecule has 0 heterocycles. The van der Waals surface area contributed by atoms with Crippen LogP contribution in [0.25, 0.3) is 0 Å². The molecule has 0 bridgehead atoms. The Morgan fingerprint density at radius 2 is 1.86 bits per heavy atom. The number of guanidine groups is 1. The van der Waals surface area contributed by atoms with Crippen LogP contribution >= 0.6 is 24.0 Å². The second kappa shape index (κ2) is 15.5. The number of rotatable bonds is 12. The number of hydrogen-bond donors (Lipinski definition) is 2. The third kappa shape index (κ3) is 10.3. The van der Waals surface area contributed by atoms with E-state index in [1.54, 1.807) is 32.2 Å². The highest BCUT2D eigenvalue weighted by Gasteiger charge is 2.16. The van der Waals surface area contributed by atoms with E-state index < -0.39 is 6.61 Å². The van der Waals surface area contributed by atoms with E-state index in [9.17, 15) is 8.78 Å². The molecule has 2 N–H and O–H groups in total. The Labute approximate surface area is 189 Å². The molecule has 9 heteroatoms. The fraction of sp³-hybridized carbons (Fsp3) is 0.650. The average molecular weight is 529 g/mol. The molecule has 1 aromatic rings. The lowest BCUT2D eigenvalue weighted by atomic mass is 10.0. The van der Waals surface area contributed by atoms with E-state index in [4.69, 9.17) is 9.47 Å². The molecule has 6 nitrogen and oxygen atoms in total. The minimum Gasteiger partial charge on any atom is -0.490 e. The highest BCUT2D eigenvalue weighted by molar-refractivity contribution is 14.0. The number of hydrogen-bond acceptors (Lipinski definition) is 4. The Hall–Kier alpha value is -1.36. The van der Waals surface area contributed by atoms with Crippen molar-refractivity contribution in [1.82, 2.24) is 10.6 Å². The van der Waals surface area contributed by atoms with Crippen molar-refractivity contribution >= 4 is 29.9 Å². The Morgan fingerprint density at radius 1 is 1.14 bits per heavy atom. The molecule has 0 radical (unpaired) electrons. The van der Waals surface area contributed by atoms with Crippen LogP contribution in [-0.2, 0) is 11.3 Å². The molecule has 0 saturated carbocycles. The normalized spacial score (nSPS) is 12.5. The molecule has 0 amide bonds. The van der Waals surface area contributed by atoms with Gasteiger partial charge in [-0.05, 0) is 32.3 Å². The summed E-state index contributed by atoms with van der Waals surface area (Å²) in [6.45, 7) is 7.09. The van der Waals surface area contributed by atoms with E-state index in [1.807, 2.05) is 6.92 Å². The van der Waals surface area contributed by atoms with Crippen LogP contribution < -0.4 is 20.1 Å². The molecular weight excluding hydrogens is 495 g/mol. The quantitative estimate of drug-likeness (QED) is 0.239. The highest BCUT2D eigenvalue weighted by atomic mass is 127. The molecule has 1 unspecified atom stereocenters. The molecular formula is C20H34F2IN3O3. The summed E-state index contributed by atoms with van der Waals surface area (Å²) in [7, 11) is 1.66. The van der Waals surface area contributed by atoms with Gasteiger partial charge in [-0.15, -0.1) is 24.0 Å². The van der Waals surface area contributed by atoms with Gasteiger partial charge in [0.25, 0.3) is 0 Å². The van der Waals surface area contributed by atoms with Crippen molar-refractivity contribution in [3.63, 3.8) is 0 Å². The minimum atomic E-state index is -2.93. The fourth-order valence-corrected chi connectivity index (χ4v) is 2.75. The van der Waals surface area contributed by atoms with Crippen molar-refractivity contribution in [2.75, 3.05) is 26.8 Å². The lowest BCUT2D eigenvalue weighted by Crippen LogP contribution is -2.39. The van der Waals surface area contributed by atoms with Crippen molar-refractivity contribution in [2.24, 2.45) is 10.9 Å². The predicted molar refractivity (Wildman–Crippen MR) is 123 cm³/mol. The molecule has 0 fully saturated rings. The largest absolute Gasteiger partial charge is 0.490 e. The maximum Gasteiger partial charge on any atom is 0.387 e. The Morgan fingerprint density at radius 3 is 2.41 bits per heavy atom. The fourth-order valence-electron chi connectivity index (χ4n) is 2.75. The first kappa shape index (κ1) is 27.6. The minimum absolute atomic E-state index is 0. The van der Waals surface area contributed by atoms with E-state index in [-0.39, 0.29) is 42.4 Å². The van der Waals surface area contributed by atoms with Crippen molar-refractivity contribution in [1.29, 1.82) is 0 Å². The summed E-state index contributed by atoms with van der Waals surface area (Å²) in [5, 5.41) is 6.34. The third-order valence-corrected chi connectivity index (χ3v) is 4.08. The van der Waals surface area contributed by atoms with Gasteiger partial charge >= 0.3 is 6.61 Å². The van der Waals surface area contributed by atoms with E-state index >= 15 is 0 Å². The molecule has 0 spiro atoms. The lowest BCUT2D eigenvalue weighted by Gasteiger charge is -2.22. The second-order valence-corrected chi connectivity index (χ2v) is 6.43. The topological polar surface area (TPSA) is 64.1 Å². The smallest absolute Gasteiger partial charge is 0.387 e. The number of nitrogens with zero attached hydrogens (tertiary/aromatic N) is 1. The van der Waals surface area contributed by atoms with E-state index in [0.717, 1.165) is 6.42 Å². The lowest BCUT2D eigenvalue weighted by molar-refractivity contribution is -0.0520. The summed E-state index contributed by atoms with van der Waals surface area (Å²) in [4.78, 5) is 4.17. The first-order valence-corrected chi connectivity index (χ1v) is 9.68. The van der Waals surface area contributed by atoms with Crippen molar-refractivity contribution < 1.29 is 23.0 Å². The first-order chi connectivity index (χ1) is 13.4. The summed E-state index contributed by atoms with van der Waals surface area (Å²) in [6, 6.07) is 5.06. The van der Waals surface area contributed by atoms with Crippen molar-refractivity contribution in [3.8, 4) is 11.5 Å². The van der Waals surface area contributed by atoms with Gasteiger partial charge in [0.05, 0.1) is 12.7 Å². The van der Waals surface area contributed by atoms with Crippen molar-refractivity contribution in [2.45, 2.75) is 53.4 Å². The first-order valence-electron chi connectivity index (χ1n) is 9.68. The zero-order chi connectivity index (χ0) is 20.9. The number of benzene rings is 1. The van der Waals surface area contributed by atoms with Gasteiger partial charge in [-0.2, -0.15) is 8.78 Å². The van der Waals surface area contributed by atoms with Crippen LogP contribution in [0.5, 0.6) is 11.5 Å². The number of halogens is 3. The van der Waals surface area contributed by atoms with E-state index in [1.165, 1.54) is 0 Å². The van der Waals surface area contributed by atoms with Crippen LogP contribution in [0.1, 0.15) is 39.7 Å². The van der Waals surface area contributed by atoms with E-state index in [0.29, 0.717) is 42.9 Å². The van der Waals surface area contributed by atoms with Gasteiger partial charge in [-0.25, -0.2) is 0 Å². The Kier molecular flexibility index (Phi) is 14.8. The van der Waals surface area contributed by atoms with Gasteiger partial charge in [-0.3, -0.25) is 4.99 Å². The van der Waals surface area contributed by atoms with E-state index in [2.05, 4.69) is 34.2 Å². The molecule has 1 atom stereocenters. The molecule has 168 valence electrons. The maximum atomic E-state index is 12.8. The average Bonchev–Trinajstić information content (AvgIpc) is 2.65. The monoisotopic (exact) mass is 529 g/mol. The molecule has 29 heavy (non-hydrogen) atoms. The van der Waals surface area contributed by atoms with Gasteiger partial charge < -0.3 is 24.8 Å². The number of ether oxygens (including phenoxy) is 3. The molecule has 1 rings (SSSR count). The molecule has 0 aliphatic heterocycles. The summed E-state index contributed by atoms with van der Waals surface area (Å²) in [5.74, 6) is 1.33. The van der Waals surface area contributed by atoms with Crippen LogP contribution in [0, 0.1) is 5.92 Å². The van der Waals surface area contributed by atoms with Crippen LogP contribution in [0.2, 0.25) is 0 Å². The number of nitrogens with one attached hydrogen (secondary N) is 2. The number of aliphatic imine (C=N–C) groups is 1. The van der Waals surface area contributed by atoms with Crippen LogP contribution in [-0.4, -0.2) is 45.5 Å². The van der Waals surface area contributed by atoms with Crippen molar-refractivity contribution in [3.05, 3.63) is 23.8 Å². The molecule has 0 aliphatic carbocycles. The zero-order valence-corrected chi connectivity index (χ0v) is 20.2.